The Labute approximate surface area is 68.5 Å². The molecule has 0 radical (unpaired) electrons. The fourth-order valence-electron chi connectivity index (χ4n) is 1.65. The quantitative estimate of drug-likeness (QED) is 0.572. The van der Waals surface area contributed by atoms with Crippen LogP contribution in [0.15, 0.2) is 0 Å². The summed E-state index contributed by atoms with van der Waals surface area (Å²) in [5, 5.41) is 3.32. The zero-order valence-corrected chi connectivity index (χ0v) is 7.06. The van der Waals surface area contributed by atoms with E-state index in [-0.39, 0.29) is 5.54 Å². The first-order valence-electron chi connectivity index (χ1n) is 4.14. The lowest BCUT2D eigenvalue weighted by atomic mass is 9.67. The maximum atomic E-state index is 5.67. The standard InChI is InChI=1S/C9H16N2/c1-3-6-11-9(7-10)5-4-8(9)2/h1,8,11H,4-7,10H2,2H3. The van der Waals surface area contributed by atoms with E-state index in [0.717, 1.165) is 0 Å². The van der Waals surface area contributed by atoms with E-state index in [1.54, 1.807) is 0 Å². The van der Waals surface area contributed by atoms with Crippen LogP contribution in [0.3, 0.4) is 0 Å². The first kappa shape index (κ1) is 8.58. The maximum absolute atomic E-state index is 5.67. The third-order valence-electron chi connectivity index (χ3n) is 2.87. The second-order valence-corrected chi connectivity index (χ2v) is 3.36. The van der Waals surface area contributed by atoms with E-state index in [1.807, 2.05) is 0 Å². The van der Waals surface area contributed by atoms with Gasteiger partial charge in [0, 0.05) is 12.1 Å². The number of hydrogen-bond acceptors (Lipinski definition) is 2. The summed E-state index contributed by atoms with van der Waals surface area (Å²) < 4.78 is 0. The van der Waals surface area contributed by atoms with Crippen LogP contribution in [0.5, 0.6) is 0 Å². The minimum Gasteiger partial charge on any atom is -0.329 e. The topological polar surface area (TPSA) is 38.0 Å². The van der Waals surface area contributed by atoms with Crippen LogP contribution in [-0.4, -0.2) is 18.6 Å². The van der Waals surface area contributed by atoms with Crippen molar-refractivity contribution in [3.05, 3.63) is 0 Å². The smallest absolute Gasteiger partial charge is 0.0578 e. The van der Waals surface area contributed by atoms with E-state index in [2.05, 4.69) is 18.2 Å². The number of nitrogens with one attached hydrogen (secondary N) is 1. The molecule has 62 valence electrons. The Morgan fingerprint density at radius 1 is 1.82 bits per heavy atom. The highest BCUT2D eigenvalue weighted by atomic mass is 15.0. The molecule has 1 aliphatic carbocycles. The lowest BCUT2D eigenvalue weighted by Crippen LogP contribution is -2.61. The first-order valence-corrected chi connectivity index (χ1v) is 4.14. The van der Waals surface area contributed by atoms with Crippen LogP contribution in [0.25, 0.3) is 0 Å². The molecule has 0 heterocycles. The van der Waals surface area contributed by atoms with Crippen LogP contribution < -0.4 is 11.1 Å². The highest BCUT2D eigenvalue weighted by Gasteiger charge is 2.41. The molecule has 3 N–H and O–H groups in total. The average molecular weight is 152 g/mol. The minimum absolute atomic E-state index is 0.159. The van der Waals surface area contributed by atoms with E-state index in [4.69, 9.17) is 12.2 Å². The molecule has 0 aromatic heterocycles. The molecular weight excluding hydrogens is 136 g/mol. The number of terminal acetylenes is 1. The van der Waals surface area contributed by atoms with Crippen LogP contribution >= 0.6 is 0 Å². The predicted molar refractivity (Wildman–Crippen MR) is 47.0 cm³/mol. The van der Waals surface area contributed by atoms with Crippen molar-refractivity contribution in [3.8, 4) is 12.3 Å². The lowest BCUT2D eigenvalue weighted by molar-refractivity contribution is 0.111. The Morgan fingerprint density at radius 2 is 2.55 bits per heavy atom. The molecule has 1 rings (SSSR count). The predicted octanol–water partition coefficient (Wildman–Crippen LogP) is 0.337. The zero-order valence-electron chi connectivity index (χ0n) is 7.06. The molecule has 1 fully saturated rings. The van der Waals surface area contributed by atoms with Gasteiger partial charge in [0.1, 0.15) is 0 Å². The monoisotopic (exact) mass is 152 g/mol. The Kier molecular flexibility index (Phi) is 2.53. The Hall–Kier alpha value is -0.520. The summed E-state index contributed by atoms with van der Waals surface area (Å²) in [6.45, 7) is 3.57. The van der Waals surface area contributed by atoms with E-state index in [1.165, 1.54) is 12.8 Å². The van der Waals surface area contributed by atoms with Gasteiger partial charge in [0.15, 0.2) is 0 Å². The normalized spacial score (nSPS) is 35.9. The van der Waals surface area contributed by atoms with Gasteiger partial charge in [-0.3, -0.25) is 5.32 Å². The number of rotatable bonds is 3. The van der Waals surface area contributed by atoms with Crippen molar-refractivity contribution in [2.75, 3.05) is 13.1 Å². The van der Waals surface area contributed by atoms with Gasteiger partial charge in [-0.1, -0.05) is 12.8 Å². The van der Waals surface area contributed by atoms with Crippen molar-refractivity contribution in [3.63, 3.8) is 0 Å². The summed E-state index contributed by atoms with van der Waals surface area (Å²) >= 11 is 0. The third kappa shape index (κ3) is 1.40. The van der Waals surface area contributed by atoms with Gasteiger partial charge < -0.3 is 5.73 Å². The largest absolute Gasteiger partial charge is 0.329 e. The second kappa shape index (κ2) is 3.25. The molecular formula is C9H16N2. The van der Waals surface area contributed by atoms with Gasteiger partial charge in [0.2, 0.25) is 0 Å². The van der Waals surface area contributed by atoms with E-state index >= 15 is 0 Å². The van der Waals surface area contributed by atoms with Crippen LogP contribution in [0.2, 0.25) is 0 Å². The van der Waals surface area contributed by atoms with Crippen LogP contribution in [0.1, 0.15) is 19.8 Å². The number of hydrogen-bond donors (Lipinski definition) is 2. The fourth-order valence-corrected chi connectivity index (χ4v) is 1.65. The van der Waals surface area contributed by atoms with Gasteiger partial charge in [-0.05, 0) is 18.8 Å². The third-order valence-corrected chi connectivity index (χ3v) is 2.87. The van der Waals surface area contributed by atoms with Gasteiger partial charge in [-0.2, -0.15) is 0 Å². The van der Waals surface area contributed by atoms with Crippen molar-refractivity contribution < 1.29 is 0 Å². The molecule has 0 spiro atoms. The highest BCUT2D eigenvalue weighted by Crippen LogP contribution is 2.36. The Morgan fingerprint density at radius 3 is 2.82 bits per heavy atom. The zero-order chi connectivity index (χ0) is 8.32. The molecule has 2 heteroatoms. The van der Waals surface area contributed by atoms with Crippen LogP contribution in [-0.2, 0) is 0 Å². The molecule has 11 heavy (non-hydrogen) atoms. The molecule has 0 amide bonds. The summed E-state index contributed by atoms with van der Waals surface area (Å²) in [5.74, 6) is 3.26. The van der Waals surface area contributed by atoms with E-state index < -0.39 is 0 Å². The van der Waals surface area contributed by atoms with Crippen molar-refractivity contribution >= 4 is 0 Å². The van der Waals surface area contributed by atoms with Crippen LogP contribution in [0.4, 0.5) is 0 Å². The molecule has 2 unspecified atom stereocenters. The molecule has 1 aliphatic rings. The molecule has 2 nitrogen and oxygen atoms in total. The van der Waals surface area contributed by atoms with Gasteiger partial charge in [-0.25, -0.2) is 0 Å². The summed E-state index contributed by atoms with van der Waals surface area (Å²) in [5.41, 5.74) is 5.83. The van der Waals surface area contributed by atoms with Gasteiger partial charge in [0.25, 0.3) is 0 Å². The second-order valence-electron chi connectivity index (χ2n) is 3.36. The highest BCUT2D eigenvalue weighted by molar-refractivity contribution is 5.04. The van der Waals surface area contributed by atoms with Crippen molar-refractivity contribution in [2.24, 2.45) is 11.7 Å². The summed E-state index contributed by atoms with van der Waals surface area (Å²) in [4.78, 5) is 0. The summed E-state index contributed by atoms with van der Waals surface area (Å²) in [7, 11) is 0. The Balaban J connectivity index is 2.42. The SMILES string of the molecule is C#CCNC1(CN)CCC1C. The fraction of sp³-hybridized carbons (Fsp3) is 0.778. The van der Waals surface area contributed by atoms with Gasteiger partial charge in [-0.15, -0.1) is 6.42 Å². The Bertz CT molecular complexity index is 167. The van der Waals surface area contributed by atoms with Crippen molar-refractivity contribution in [2.45, 2.75) is 25.3 Å². The first-order chi connectivity index (χ1) is 5.25. The summed E-state index contributed by atoms with van der Waals surface area (Å²) in [6, 6.07) is 0. The van der Waals surface area contributed by atoms with Gasteiger partial charge in [0.05, 0.1) is 6.54 Å². The molecule has 0 aliphatic heterocycles. The summed E-state index contributed by atoms with van der Waals surface area (Å²) in [6.07, 6.45) is 7.61. The number of nitrogens with two attached hydrogens (primary N) is 1. The van der Waals surface area contributed by atoms with Crippen molar-refractivity contribution in [1.29, 1.82) is 0 Å². The molecule has 0 saturated heterocycles. The maximum Gasteiger partial charge on any atom is 0.0578 e. The van der Waals surface area contributed by atoms with Gasteiger partial charge >= 0.3 is 0 Å². The molecule has 0 aromatic rings. The van der Waals surface area contributed by atoms with Crippen molar-refractivity contribution in [1.82, 2.24) is 5.32 Å². The minimum atomic E-state index is 0.159. The average Bonchev–Trinajstić information content (AvgIpc) is 2.04. The van der Waals surface area contributed by atoms with E-state index in [0.29, 0.717) is 19.0 Å². The molecule has 1 saturated carbocycles. The van der Waals surface area contributed by atoms with Crippen LogP contribution in [0, 0.1) is 18.3 Å². The molecule has 0 bridgehead atoms. The lowest BCUT2D eigenvalue weighted by Gasteiger charge is -2.48. The molecule has 0 aromatic carbocycles. The van der Waals surface area contributed by atoms with E-state index in [9.17, 15) is 0 Å². The molecule has 2 atom stereocenters.